The van der Waals surface area contributed by atoms with Gasteiger partial charge in [-0.15, -0.1) is 4.98 Å². The van der Waals surface area contributed by atoms with Crippen molar-refractivity contribution in [2.24, 2.45) is 9.98 Å². The number of nitrogens with two attached hydrogens (primary N) is 1. The van der Waals surface area contributed by atoms with Crippen LogP contribution in [-0.2, 0) is 30.4 Å². The van der Waals surface area contributed by atoms with E-state index in [4.69, 9.17) is 38.4 Å². The van der Waals surface area contributed by atoms with E-state index in [1.165, 1.54) is 47.3 Å². The van der Waals surface area contributed by atoms with Gasteiger partial charge in [-0.1, -0.05) is 23.2 Å². The number of carboxylic acid groups (broad SMARTS) is 1. The zero-order valence-electron chi connectivity index (χ0n) is 32.6. The highest BCUT2D eigenvalue weighted by Crippen LogP contribution is 2.51. The third kappa shape index (κ3) is 8.61. The molecule has 0 spiro atoms. The number of carboxylic acids is 1. The summed E-state index contributed by atoms with van der Waals surface area (Å²) >= 11 is 16.9. The molecule has 342 valence electrons. The Labute approximate surface area is 388 Å². The van der Waals surface area contributed by atoms with Crippen molar-refractivity contribution in [2.45, 2.75) is 21.6 Å². The molecule has 8 rings (SSSR count). The number of pyridine rings is 1. The minimum Gasteiger partial charge on any atom is -0.478 e. The van der Waals surface area contributed by atoms with Crippen LogP contribution in [0.15, 0.2) is 84.0 Å². The summed E-state index contributed by atoms with van der Waals surface area (Å²) in [5, 5.41) is 25.0. The second kappa shape index (κ2) is 16.8. The van der Waals surface area contributed by atoms with Crippen molar-refractivity contribution >= 4 is 121 Å². The molecular formula is C36H26BrCl2N10O14S3+. The molecule has 30 heteroatoms. The number of nitrogens with one attached hydrogen (secondary N) is 3. The van der Waals surface area contributed by atoms with Crippen LogP contribution in [0.5, 0.6) is 23.0 Å². The molecular weight excluding hydrogens is 1040 g/mol. The molecule has 4 aromatic carbocycles. The number of benzene rings is 4. The molecule has 0 atom stereocenters. The number of rotatable bonds is 12. The highest BCUT2D eigenvalue weighted by Gasteiger charge is 2.38. The Morgan fingerprint density at radius 1 is 0.803 bits per heavy atom. The molecule has 0 unspecified atom stereocenters. The molecule has 0 bridgehead atoms. The Bertz CT molecular complexity index is 3630. The Morgan fingerprint density at radius 2 is 1.42 bits per heavy atom. The van der Waals surface area contributed by atoms with E-state index in [1.807, 2.05) is 0 Å². The van der Waals surface area contributed by atoms with Crippen LogP contribution in [0.3, 0.4) is 0 Å². The predicted octanol–water partition coefficient (Wildman–Crippen LogP) is 4.55. The lowest BCUT2D eigenvalue weighted by Crippen LogP contribution is -2.34. The van der Waals surface area contributed by atoms with E-state index in [0.717, 1.165) is 6.07 Å². The topological polar surface area (TPSA) is 368 Å². The van der Waals surface area contributed by atoms with Gasteiger partial charge >= 0.3 is 23.8 Å². The first kappa shape index (κ1) is 46.2. The molecule has 10 N–H and O–H groups in total. The number of fused-ring (bicyclic) bond motifs is 4. The fourth-order valence-corrected chi connectivity index (χ4v) is 9.83. The smallest absolute Gasteiger partial charge is 0.444 e. The van der Waals surface area contributed by atoms with Gasteiger partial charge < -0.3 is 41.4 Å². The van der Waals surface area contributed by atoms with E-state index < -0.39 is 106 Å². The molecule has 2 aromatic heterocycles. The van der Waals surface area contributed by atoms with Crippen LogP contribution in [0.1, 0.15) is 15.9 Å². The average molecular weight is 1070 g/mol. The minimum atomic E-state index is -5.49. The summed E-state index contributed by atoms with van der Waals surface area (Å²) in [5.74, 6) is -4.38. The summed E-state index contributed by atoms with van der Waals surface area (Å²) in [7, 11) is -16.1. The number of anilines is 6. The lowest BCUT2D eigenvalue weighted by Gasteiger charge is -2.24. The monoisotopic (exact) mass is 1070 g/mol. The first-order valence-electron chi connectivity index (χ1n) is 18.0. The van der Waals surface area contributed by atoms with Crippen molar-refractivity contribution in [2.75, 3.05) is 34.8 Å². The number of aryl methyl sites for hydroxylation is 1. The van der Waals surface area contributed by atoms with Crippen LogP contribution < -0.4 is 46.4 Å². The van der Waals surface area contributed by atoms with E-state index in [9.17, 15) is 53.9 Å². The maximum Gasteiger partial charge on any atom is 0.444 e. The average Bonchev–Trinajstić information content (AvgIpc) is 3.24. The number of hydrogen-bond acceptors (Lipinski definition) is 19. The van der Waals surface area contributed by atoms with Crippen LogP contribution >= 0.6 is 39.1 Å². The second-order valence-electron chi connectivity index (χ2n) is 13.7. The maximum atomic E-state index is 13.2. The van der Waals surface area contributed by atoms with Crippen molar-refractivity contribution in [3.63, 3.8) is 0 Å². The van der Waals surface area contributed by atoms with Crippen LogP contribution in [0.4, 0.5) is 46.0 Å². The standard InChI is InChI=1S/C36H25BrCl2N10O14S3/c1-13-9-15(37)19(10-16(13)40)43-24-21(64(53,54)55)11-20-28(32(24)66(59,60)61)63-30-22(38)25-29(23(39)26(30)44-20)62-27-17(42-25)4-5-18(31(27)65(56,57)58)45-35-46-34(41-6-8-50)47-36(48-35)49-7-2-3-14(12-49)33(51)52/h2-5,7,9-12,50H,6,8,40H2,1H3,(H6-,41,42,43,44,45,46,47,48,51,52,53,54,55,56,57,58,59,60,61)/p+1. The fraction of sp³-hybridized carbons (Fsp3) is 0.0833. The number of aromatic nitrogens is 4. The van der Waals surface area contributed by atoms with Gasteiger partial charge in [-0.3, -0.25) is 13.7 Å². The third-order valence-electron chi connectivity index (χ3n) is 9.34. The zero-order valence-corrected chi connectivity index (χ0v) is 38.2. The summed E-state index contributed by atoms with van der Waals surface area (Å²) in [4.78, 5) is 29.7. The molecule has 0 radical (unpaired) electrons. The molecule has 2 aliphatic heterocycles. The third-order valence-corrected chi connectivity index (χ3v) is 13.4. The fourth-order valence-electron chi connectivity index (χ4n) is 6.45. The van der Waals surface area contributed by atoms with E-state index in [1.54, 1.807) is 6.92 Å². The molecule has 2 aliphatic rings. The first-order valence-corrected chi connectivity index (χ1v) is 23.9. The van der Waals surface area contributed by atoms with Crippen LogP contribution in [-0.4, -0.2) is 83.2 Å². The number of aliphatic hydroxyl groups excluding tert-OH is 1. The van der Waals surface area contributed by atoms with Gasteiger partial charge in [-0.2, -0.15) is 25.3 Å². The number of nitrogens with zero attached hydrogens (tertiary/aromatic N) is 6. The maximum absolute atomic E-state index is 13.2. The van der Waals surface area contributed by atoms with Crippen molar-refractivity contribution in [1.29, 1.82) is 0 Å². The molecule has 0 saturated heterocycles. The number of aromatic carboxylic acids is 1. The summed E-state index contributed by atoms with van der Waals surface area (Å²) in [5.41, 5.74) is 4.45. The second-order valence-corrected chi connectivity index (χ2v) is 19.4. The molecule has 4 heterocycles. The summed E-state index contributed by atoms with van der Waals surface area (Å²) in [6.07, 6.45) is 2.60. The quantitative estimate of drug-likeness (QED) is 0.0460. The van der Waals surface area contributed by atoms with Crippen molar-refractivity contribution in [1.82, 2.24) is 15.0 Å². The van der Waals surface area contributed by atoms with Crippen molar-refractivity contribution in [3.05, 3.63) is 91.2 Å². The number of halogens is 3. The van der Waals surface area contributed by atoms with Crippen LogP contribution in [0.25, 0.3) is 5.95 Å². The van der Waals surface area contributed by atoms with E-state index >= 15 is 0 Å². The largest absolute Gasteiger partial charge is 0.478 e. The minimum absolute atomic E-state index is 0.00601. The van der Waals surface area contributed by atoms with Crippen LogP contribution in [0, 0.1) is 6.92 Å². The number of nitrogen functional groups attached to an aromatic ring is 1. The molecule has 66 heavy (non-hydrogen) atoms. The number of carbonyl (C=O) groups is 1. The number of aliphatic hydroxyl groups is 1. The summed E-state index contributed by atoms with van der Waals surface area (Å²) < 4.78 is 123. The van der Waals surface area contributed by atoms with Crippen molar-refractivity contribution < 1.29 is 68.0 Å². The lowest BCUT2D eigenvalue weighted by molar-refractivity contribution is -0.603. The zero-order chi connectivity index (χ0) is 47.8. The Hall–Kier alpha value is -6.34. The molecule has 0 saturated carbocycles. The van der Waals surface area contributed by atoms with Gasteiger partial charge in [0, 0.05) is 16.7 Å². The van der Waals surface area contributed by atoms with E-state index in [0.29, 0.717) is 11.6 Å². The molecule has 24 nitrogen and oxygen atoms in total. The molecule has 0 amide bonds. The predicted molar refractivity (Wildman–Crippen MR) is 234 cm³/mol. The Kier molecular flexibility index (Phi) is 11.8. The van der Waals surface area contributed by atoms with Gasteiger partial charge in [0.25, 0.3) is 30.4 Å². The number of ether oxygens (including phenoxy) is 2. The Morgan fingerprint density at radius 3 is 2.03 bits per heavy atom. The van der Waals surface area contributed by atoms with Gasteiger partial charge in [-0.05, 0) is 80.8 Å². The van der Waals surface area contributed by atoms with Gasteiger partial charge in [0.05, 0.1) is 41.6 Å². The highest BCUT2D eigenvalue weighted by atomic mass is 79.9. The Balaban J connectivity index is 1.27. The van der Waals surface area contributed by atoms with E-state index in [-0.39, 0.29) is 63.5 Å². The van der Waals surface area contributed by atoms with Gasteiger partial charge in [0.15, 0.2) is 32.8 Å². The summed E-state index contributed by atoms with van der Waals surface area (Å²) in [6, 6.07) is 8.61. The van der Waals surface area contributed by atoms with Crippen LogP contribution in [0.2, 0.25) is 10.0 Å². The van der Waals surface area contributed by atoms with Crippen molar-refractivity contribution in [3.8, 4) is 28.9 Å². The normalized spacial score (nSPS) is 12.8. The summed E-state index contributed by atoms with van der Waals surface area (Å²) in [6.45, 7) is 1.25. The lowest BCUT2D eigenvalue weighted by atomic mass is 10.1. The highest BCUT2D eigenvalue weighted by molar-refractivity contribution is 9.10. The van der Waals surface area contributed by atoms with E-state index in [2.05, 4.69) is 56.8 Å². The SMILES string of the molecule is Cc1cc(Br)c(Nc2c(S(=O)(=O)O)cc3c(c2S(=O)(=O)O)Oc2c(Cl)c4c(c(Cl)c2=N3)Oc2c(ccc(Nc3nc(NCCO)nc(-[n+]5cccc(C(=O)O)c5)n3)c2S(=O)(=O)O)N=4)cc1N. The first-order chi connectivity index (χ1) is 30.9. The number of hydrogen-bond donors (Lipinski definition) is 9. The molecule has 6 aromatic rings. The van der Waals surface area contributed by atoms with Gasteiger partial charge in [-0.25, -0.2) is 19.3 Å². The van der Waals surface area contributed by atoms with Gasteiger partial charge in [0.1, 0.15) is 37.0 Å². The van der Waals surface area contributed by atoms with Gasteiger partial charge in [0.2, 0.25) is 0 Å². The molecule has 0 aliphatic carbocycles. The molecule has 0 fully saturated rings.